The van der Waals surface area contributed by atoms with Gasteiger partial charge in [0, 0.05) is 30.9 Å². The number of benzene rings is 1. The molecule has 0 bridgehead atoms. The Morgan fingerprint density at radius 3 is 2.92 bits per heavy atom. The van der Waals surface area contributed by atoms with Crippen molar-refractivity contribution >= 4 is 17.6 Å². The van der Waals surface area contributed by atoms with Crippen LogP contribution in [0.3, 0.4) is 0 Å². The Hall–Kier alpha value is -2.90. The molecule has 0 aliphatic carbocycles. The molecule has 2 heterocycles. The number of ether oxygens (including phenoxy) is 1. The minimum atomic E-state index is -1.19. The van der Waals surface area contributed by atoms with Gasteiger partial charge in [-0.1, -0.05) is 0 Å². The van der Waals surface area contributed by atoms with Gasteiger partial charge in [-0.15, -0.1) is 0 Å². The van der Waals surface area contributed by atoms with Gasteiger partial charge < -0.3 is 19.7 Å². The Labute approximate surface area is 149 Å². The number of carboxylic acid groups (broad SMARTS) is 1. The lowest BCUT2D eigenvalue weighted by Gasteiger charge is -2.12. The summed E-state index contributed by atoms with van der Waals surface area (Å²) in [6.07, 6.45) is 3.97. The smallest absolute Gasteiger partial charge is 0.344 e. The summed E-state index contributed by atoms with van der Waals surface area (Å²) in [5.74, 6) is -1.41. The SMILES string of the molecule is CC(Oc1ccc(NC(=O)Cc2cn3c(n2)CCCC3)cc1F)C(=O)O. The number of carboxylic acids is 1. The zero-order chi connectivity index (χ0) is 18.7. The van der Waals surface area contributed by atoms with Crippen molar-refractivity contribution in [2.75, 3.05) is 5.32 Å². The van der Waals surface area contributed by atoms with Crippen molar-refractivity contribution < 1.29 is 23.8 Å². The first-order valence-corrected chi connectivity index (χ1v) is 8.46. The van der Waals surface area contributed by atoms with Crippen LogP contribution in [0.5, 0.6) is 5.75 Å². The number of hydrogen-bond donors (Lipinski definition) is 2. The number of rotatable bonds is 6. The monoisotopic (exact) mass is 361 g/mol. The molecule has 7 nitrogen and oxygen atoms in total. The Morgan fingerprint density at radius 2 is 2.23 bits per heavy atom. The van der Waals surface area contributed by atoms with Crippen LogP contribution in [0.1, 0.15) is 31.3 Å². The van der Waals surface area contributed by atoms with Gasteiger partial charge in [0.15, 0.2) is 17.7 Å². The van der Waals surface area contributed by atoms with Crippen LogP contribution in [0.4, 0.5) is 10.1 Å². The molecule has 0 saturated carbocycles. The predicted octanol–water partition coefficient (Wildman–Crippen LogP) is 2.39. The molecular formula is C18H20FN3O4. The second-order valence-corrected chi connectivity index (χ2v) is 6.27. The van der Waals surface area contributed by atoms with Crippen molar-refractivity contribution in [2.45, 2.75) is 45.3 Å². The third kappa shape index (κ3) is 4.19. The molecule has 0 radical (unpaired) electrons. The maximum atomic E-state index is 14.0. The summed E-state index contributed by atoms with van der Waals surface area (Å²) in [6, 6.07) is 3.85. The van der Waals surface area contributed by atoms with E-state index in [0.717, 1.165) is 37.7 Å². The summed E-state index contributed by atoms with van der Waals surface area (Å²) in [4.78, 5) is 27.4. The second kappa shape index (κ2) is 7.55. The number of halogens is 1. The van der Waals surface area contributed by atoms with Crippen LogP contribution in [-0.4, -0.2) is 32.6 Å². The Bertz CT molecular complexity index is 810. The molecular weight excluding hydrogens is 341 g/mol. The Balaban J connectivity index is 1.61. The molecule has 0 fully saturated rings. The minimum absolute atomic E-state index is 0.107. The summed E-state index contributed by atoms with van der Waals surface area (Å²) in [5, 5.41) is 11.4. The molecule has 1 unspecified atom stereocenters. The molecule has 1 aromatic heterocycles. The molecule has 2 aromatic rings. The number of imidazole rings is 1. The van der Waals surface area contributed by atoms with E-state index in [1.807, 2.05) is 6.20 Å². The van der Waals surface area contributed by atoms with Gasteiger partial charge in [0.1, 0.15) is 5.82 Å². The number of fused-ring (bicyclic) bond motifs is 1. The highest BCUT2D eigenvalue weighted by molar-refractivity contribution is 5.92. The number of aromatic nitrogens is 2. The van der Waals surface area contributed by atoms with Crippen LogP contribution in [0.25, 0.3) is 0 Å². The van der Waals surface area contributed by atoms with Crippen LogP contribution < -0.4 is 10.1 Å². The van der Waals surface area contributed by atoms with E-state index >= 15 is 0 Å². The number of carbonyl (C=O) groups excluding carboxylic acids is 1. The zero-order valence-electron chi connectivity index (χ0n) is 14.4. The lowest BCUT2D eigenvalue weighted by Crippen LogP contribution is -2.23. The second-order valence-electron chi connectivity index (χ2n) is 6.27. The van der Waals surface area contributed by atoms with Gasteiger partial charge in [-0.3, -0.25) is 4.79 Å². The minimum Gasteiger partial charge on any atom is -0.479 e. The van der Waals surface area contributed by atoms with E-state index in [1.165, 1.54) is 19.1 Å². The molecule has 2 N–H and O–H groups in total. The topological polar surface area (TPSA) is 93.5 Å². The Kier molecular flexibility index (Phi) is 5.20. The van der Waals surface area contributed by atoms with E-state index in [1.54, 1.807) is 0 Å². The largest absolute Gasteiger partial charge is 0.479 e. The predicted molar refractivity (Wildman–Crippen MR) is 91.6 cm³/mol. The summed E-state index contributed by atoms with van der Waals surface area (Å²) in [6.45, 7) is 2.23. The first-order valence-electron chi connectivity index (χ1n) is 8.46. The molecule has 1 amide bonds. The van der Waals surface area contributed by atoms with Crippen molar-refractivity contribution in [3.63, 3.8) is 0 Å². The highest BCUT2D eigenvalue weighted by Crippen LogP contribution is 2.22. The molecule has 1 atom stereocenters. The summed E-state index contributed by atoms with van der Waals surface area (Å²) < 4.78 is 21.1. The normalized spacial score (nSPS) is 14.4. The van der Waals surface area contributed by atoms with E-state index in [9.17, 15) is 14.0 Å². The first kappa shape index (κ1) is 17.9. The molecule has 1 aliphatic heterocycles. The first-order chi connectivity index (χ1) is 12.4. The van der Waals surface area contributed by atoms with Crippen molar-refractivity contribution in [3.05, 3.63) is 41.7 Å². The van der Waals surface area contributed by atoms with E-state index < -0.39 is 17.9 Å². The van der Waals surface area contributed by atoms with Gasteiger partial charge in [-0.05, 0) is 31.9 Å². The zero-order valence-corrected chi connectivity index (χ0v) is 14.4. The number of aliphatic carboxylic acids is 1. The maximum absolute atomic E-state index is 14.0. The maximum Gasteiger partial charge on any atom is 0.344 e. The lowest BCUT2D eigenvalue weighted by atomic mass is 10.2. The average Bonchev–Trinajstić information content (AvgIpc) is 2.99. The van der Waals surface area contributed by atoms with Gasteiger partial charge in [0.2, 0.25) is 5.91 Å². The van der Waals surface area contributed by atoms with E-state index in [4.69, 9.17) is 9.84 Å². The fourth-order valence-electron chi connectivity index (χ4n) is 2.84. The quantitative estimate of drug-likeness (QED) is 0.824. The lowest BCUT2D eigenvalue weighted by molar-refractivity contribution is -0.144. The molecule has 0 spiro atoms. The number of aryl methyl sites for hydroxylation is 2. The van der Waals surface area contributed by atoms with E-state index in [-0.39, 0.29) is 23.8 Å². The van der Waals surface area contributed by atoms with Crippen molar-refractivity contribution in [3.8, 4) is 5.75 Å². The third-order valence-electron chi connectivity index (χ3n) is 4.17. The van der Waals surface area contributed by atoms with Crippen molar-refractivity contribution in [1.82, 2.24) is 9.55 Å². The van der Waals surface area contributed by atoms with Crippen LogP contribution in [0.15, 0.2) is 24.4 Å². The van der Waals surface area contributed by atoms with Gasteiger partial charge in [-0.25, -0.2) is 14.2 Å². The number of nitrogens with one attached hydrogen (secondary N) is 1. The summed E-state index contributed by atoms with van der Waals surface area (Å²) in [7, 11) is 0. The fourth-order valence-corrected chi connectivity index (χ4v) is 2.84. The molecule has 8 heteroatoms. The van der Waals surface area contributed by atoms with Gasteiger partial charge in [0.25, 0.3) is 0 Å². The number of hydrogen-bond acceptors (Lipinski definition) is 4. The van der Waals surface area contributed by atoms with Crippen LogP contribution in [0, 0.1) is 5.82 Å². The van der Waals surface area contributed by atoms with Crippen LogP contribution in [0.2, 0.25) is 0 Å². The fraction of sp³-hybridized carbons (Fsp3) is 0.389. The highest BCUT2D eigenvalue weighted by Gasteiger charge is 2.17. The number of anilines is 1. The standard InChI is InChI=1S/C18H20FN3O4/c1-11(18(24)25)26-15-6-5-12(8-14(15)19)21-17(23)9-13-10-22-7-3-2-4-16(22)20-13/h5-6,8,10-11H,2-4,7,9H2,1H3,(H,21,23)(H,24,25). The summed E-state index contributed by atoms with van der Waals surface area (Å²) in [5.41, 5.74) is 0.960. The van der Waals surface area contributed by atoms with Crippen LogP contribution >= 0.6 is 0 Å². The van der Waals surface area contributed by atoms with E-state index in [0.29, 0.717) is 5.69 Å². The van der Waals surface area contributed by atoms with E-state index in [2.05, 4.69) is 14.9 Å². The number of amides is 1. The van der Waals surface area contributed by atoms with Gasteiger partial charge in [0.05, 0.1) is 12.1 Å². The molecule has 0 saturated heterocycles. The molecule has 138 valence electrons. The number of nitrogens with zero attached hydrogens (tertiary/aromatic N) is 2. The van der Waals surface area contributed by atoms with Crippen molar-refractivity contribution in [2.24, 2.45) is 0 Å². The third-order valence-corrected chi connectivity index (χ3v) is 4.17. The molecule has 3 rings (SSSR count). The van der Waals surface area contributed by atoms with Crippen LogP contribution in [-0.2, 0) is 29.0 Å². The van der Waals surface area contributed by atoms with Gasteiger partial charge >= 0.3 is 5.97 Å². The molecule has 1 aromatic carbocycles. The highest BCUT2D eigenvalue weighted by atomic mass is 19.1. The summed E-state index contributed by atoms with van der Waals surface area (Å²) >= 11 is 0. The molecule has 1 aliphatic rings. The number of carbonyl (C=O) groups is 2. The average molecular weight is 361 g/mol. The Morgan fingerprint density at radius 1 is 1.42 bits per heavy atom. The van der Waals surface area contributed by atoms with Crippen molar-refractivity contribution in [1.29, 1.82) is 0 Å². The van der Waals surface area contributed by atoms with Gasteiger partial charge in [-0.2, -0.15) is 0 Å². The molecule has 26 heavy (non-hydrogen) atoms.